The third kappa shape index (κ3) is 3.12. The van der Waals surface area contributed by atoms with E-state index in [4.69, 9.17) is 25.0 Å². The van der Waals surface area contributed by atoms with Gasteiger partial charge in [0.15, 0.2) is 11.5 Å². The number of ether oxygens (including phenoxy) is 3. The molecule has 0 aliphatic carbocycles. The third-order valence-electron chi connectivity index (χ3n) is 5.21. The molecule has 2 heterocycles. The first-order chi connectivity index (χ1) is 14.6. The molecule has 0 amide bonds. The summed E-state index contributed by atoms with van der Waals surface area (Å²) in [5.41, 5.74) is 9.90. The number of hydrogen-bond acceptors (Lipinski definition) is 6. The van der Waals surface area contributed by atoms with Crippen molar-refractivity contribution in [2.24, 2.45) is 5.73 Å². The van der Waals surface area contributed by atoms with E-state index in [1.54, 1.807) is 18.9 Å². The van der Waals surface area contributed by atoms with Crippen LogP contribution in [-0.4, -0.2) is 24.0 Å². The van der Waals surface area contributed by atoms with Crippen molar-refractivity contribution in [2.75, 3.05) is 14.2 Å². The number of methoxy groups -OCH3 is 2. The molecule has 4 rings (SSSR count). The number of aryl methyl sites for hydroxylation is 1. The van der Waals surface area contributed by atoms with E-state index >= 15 is 0 Å². The molecule has 0 bridgehead atoms. The molecule has 3 aromatic rings. The highest BCUT2D eigenvalue weighted by Crippen LogP contribution is 2.48. The third-order valence-corrected chi connectivity index (χ3v) is 5.21. The summed E-state index contributed by atoms with van der Waals surface area (Å²) in [6, 6.07) is 17.8. The molecule has 7 nitrogen and oxygen atoms in total. The Balaban J connectivity index is 1.91. The maximum atomic E-state index is 9.87. The average molecular weight is 402 g/mol. The minimum Gasteiger partial charge on any atom is -0.493 e. The molecule has 1 atom stereocenters. The van der Waals surface area contributed by atoms with Crippen LogP contribution < -0.4 is 19.9 Å². The molecule has 0 saturated heterocycles. The Kier molecular flexibility index (Phi) is 5.07. The summed E-state index contributed by atoms with van der Waals surface area (Å²) in [6.07, 6.45) is 0. The first kappa shape index (κ1) is 19.4. The van der Waals surface area contributed by atoms with Gasteiger partial charge in [-0.05, 0) is 18.6 Å². The zero-order chi connectivity index (χ0) is 21.3. The van der Waals surface area contributed by atoms with Gasteiger partial charge in [-0.2, -0.15) is 10.4 Å². The van der Waals surface area contributed by atoms with Crippen molar-refractivity contribution in [2.45, 2.75) is 19.4 Å². The van der Waals surface area contributed by atoms with Crippen LogP contribution >= 0.6 is 0 Å². The second kappa shape index (κ2) is 7.84. The second-order valence-corrected chi connectivity index (χ2v) is 6.96. The monoisotopic (exact) mass is 402 g/mol. The van der Waals surface area contributed by atoms with Crippen LogP contribution in [0.15, 0.2) is 60.0 Å². The summed E-state index contributed by atoms with van der Waals surface area (Å²) in [6.45, 7) is 2.42. The molecular formula is C23H22N4O3. The van der Waals surface area contributed by atoms with Crippen LogP contribution in [0.2, 0.25) is 0 Å². The lowest BCUT2D eigenvalue weighted by Crippen LogP contribution is -2.22. The molecule has 0 fully saturated rings. The highest BCUT2D eigenvalue weighted by Gasteiger charge is 2.37. The molecular weight excluding hydrogens is 380 g/mol. The minimum atomic E-state index is -0.478. The van der Waals surface area contributed by atoms with E-state index < -0.39 is 5.92 Å². The highest BCUT2D eigenvalue weighted by atomic mass is 16.5. The number of benzene rings is 2. The van der Waals surface area contributed by atoms with E-state index in [2.05, 4.69) is 6.07 Å². The Hall–Kier alpha value is -3.92. The summed E-state index contributed by atoms with van der Waals surface area (Å²) in [5.74, 6) is 1.24. The number of aromatic nitrogens is 2. The standard InChI is InChI=1S/C23H22N4O3/c1-14-19-20(16-10-7-11-18(28-2)21(16)29-3)17(12-24)22(25)30-23(19)27(26-14)13-15-8-5-4-6-9-15/h4-11,20H,13,25H2,1-3H3/t20-/m0/s1. The van der Waals surface area contributed by atoms with Crippen molar-refractivity contribution >= 4 is 0 Å². The van der Waals surface area contributed by atoms with Gasteiger partial charge in [0, 0.05) is 5.56 Å². The lowest BCUT2D eigenvalue weighted by molar-refractivity contribution is 0.342. The summed E-state index contributed by atoms with van der Waals surface area (Å²) < 4.78 is 18.8. The van der Waals surface area contributed by atoms with Gasteiger partial charge in [0.25, 0.3) is 0 Å². The van der Waals surface area contributed by atoms with Crippen molar-refractivity contribution in [1.29, 1.82) is 5.26 Å². The second-order valence-electron chi connectivity index (χ2n) is 6.96. The normalized spacial score (nSPS) is 15.2. The van der Waals surface area contributed by atoms with Gasteiger partial charge in [0.1, 0.15) is 11.6 Å². The average Bonchev–Trinajstić information content (AvgIpc) is 3.07. The van der Waals surface area contributed by atoms with Crippen LogP contribution in [0.5, 0.6) is 17.4 Å². The topological polar surface area (TPSA) is 95.3 Å². The van der Waals surface area contributed by atoms with Crippen molar-refractivity contribution in [1.82, 2.24) is 9.78 Å². The van der Waals surface area contributed by atoms with Crippen LogP contribution in [0, 0.1) is 18.3 Å². The van der Waals surface area contributed by atoms with E-state index in [1.807, 2.05) is 55.5 Å². The maximum Gasteiger partial charge on any atom is 0.224 e. The number of para-hydroxylation sites is 1. The molecule has 1 aromatic heterocycles. The lowest BCUT2D eigenvalue weighted by atomic mass is 9.83. The molecule has 0 radical (unpaired) electrons. The van der Waals surface area contributed by atoms with Gasteiger partial charge in [-0.3, -0.25) is 0 Å². The zero-order valence-corrected chi connectivity index (χ0v) is 17.0. The zero-order valence-electron chi connectivity index (χ0n) is 17.0. The molecule has 1 aliphatic heterocycles. The van der Waals surface area contributed by atoms with Crippen molar-refractivity contribution in [3.63, 3.8) is 0 Å². The largest absolute Gasteiger partial charge is 0.493 e. The molecule has 0 unspecified atom stereocenters. The minimum absolute atomic E-state index is 0.0640. The van der Waals surface area contributed by atoms with E-state index in [9.17, 15) is 5.26 Å². The molecule has 2 aromatic carbocycles. The van der Waals surface area contributed by atoms with E-state index in [0.717, 1.165) is 22.4 Å². The predicted octanol–water partition coefficient (Wildman–Crippen LogP) is 3.48. The van der Waals surface area contributed by atoms with E-state index in [1.165, 1.54) is 0 Å². The Morgan fingerprint density at radius 3 is 2.57 bits per heavy atom. The molecule has 0 saturated carbocycles. The van der Waals surface area contributed by atoms with E-state index in [-0.39, 0.29) is 5.88 Å². The number of fused-ring (bicyclic) bond motifs is 1. The molecule has 1 aliphatic rings. The van der Waals surface area contributed by atoms with Gasteiger partial charge < -0.3 is 19.9 Å². The van der Waals surface area contributed by atoms with Crippen molar-refractivity contribution < 1.29 is 14.2 Å². The Labute approximate surface area is 174 Å². The van der Waals surface area contributed by atoms with E-state index in [0.29, 0.717) is 29.5 Å². The smallest absolute Gasteiger partial charge is 0.224 e. The van der Waals surface area contributed by atoms with Gasteiger partial charge in [-0.25, -0.2) is 4.68 Å². The SMILES string of the molecule is COc1cccc([C@H]2C(C#N)=C(N)Oc3c2c(C)nn3Cc2ccccc2)c1OC. The van der Waals surface area contributed by atoms with Gasteiger partial charge in [0.05, 0.1) is 37.9 Å². The number of nitriles is 1. The molecule has 0 spiro atoms. The summed E-state index contributed by atoms with van der Waals surface area (Å²) in [7, 11) is 3.15. The van der Waals surface area contributed by atoms with Crippen molar-refractivity contribution in [3.05, 3.63) is 82.4 Å². The van der Waals surface area contributed by atoms with Gasteiger partial charge >= 0.3 is 0 Å². The first-order valence-corrected chi connectivity index (χ1v) is 9.48. The summed E-state index contributed by atoms with van der Waals surface area (Å²) >= 11 is 0. The quantitative estimate of drug-likeness (QED) is 0.702. The van der Waals surface area contributed by atoms with Crippen LogP contribution in [0.1, 0.15) is 28.3 Å². The van der Waals surface area contributed by atoms with Gasteiger partial charge in [-0.1, -0.05) is 42.5 Å². The summed E-state index contributed by atoms with van der Waals surface area (Å²) in [5, 5.41) is 14.6. The molecule has 30 heavy (non-hydrogen) atoms. The fraction of sp³-hybridized carbons (Fsp3) is 0.217. The fourth-order valence-corrected chi connectivity index (χ4v) is 3.89. The maximum absolute atomic E-state index is 9.87. The number of nitrogens with zero attached hydrogens (tertiary/aromatic N) is 3. The Morgan fingerprint density at radius 1 is 1.13 bits per heavy atom. The summed E-state index contributed by atoms with van der Waals surface area (Å²) in [4.78, 5) is 0. The highest BCUT2D eigenvalue weighted by molar-refractivity contribution is 5.61. The fourth-order valence-electron chi connectivity index (χ4n) is 3.89. The van der Waals surface area contributed by atoms with Crippen LogP contribution in [0.25, 0.3) is 0 Å². The Bertz CT molecular complexity index is 1160. The molecule has 152 valence electrons. The molecule has 7 heteroatoms. The van der Waals surface area contributed by atoms with Crippen LogP contribution in [0.3, 0.4) is 0 Å². The first-order valence-electron chi connectivity index (χ1n) is 9.48. The van der Waals surface area contributed by atoms with Gasteiger partial charge in [0.2, 0.25) is 11.8 Å². The van der Waals surface area contributed by atoms with Crippen molar-refractivity contribution in [3.8, 4) is 23.4 Å². The molecule has 2 N–H and O–H groups in total. The number of nitrogens with two attached hydrogens (primary N) is 1. The van der Waals surface area contributed by atoms with Gasteiger partial charge in [-0.15, -0.1) is 0 Å². The number of rotatable bonds is 5. The predicted molar refractivity (Wildman–Crippen MR) is 111 cm³/mol. The van der Waals surface area contributed by atoms with Crippen LogP contribution in [0.4, 0.5) is 0 Å². The number of allylic oxidation sites excluding steroid dienone is 1. The Morgan fingerprint density at radius 2 is 1.90 bits per heavy atom. The number of hydrogen-bond donors (Lipinski definition) is 1. The van der Waals surface area contributed by atoms with Crippen LogP contribution in [-0.2, 0) is 6.54 Å². The lowest BCUT2D eigenvalue weighted by Gasteiger charge is -2.26.